The van der Waals surface area contributed by atoms with Crippen LogP contribution in [0.25, 0.3) is 0 Å². The van der Waals surface area contributed by atoms with Crippen LogP contribution in [-0.2, 0) is 16.1 Å². The Labute approximate surface area is 126 Å². The topological polar surface area (TPSA) is 50.4 Å². The van der Waals surface area contributed by atoms with E-state index >= 15 is 0 Å². The highest BCUT2D eigenvalue weighted by Gasteiger charge is 2.14. The van der Waals surface area contributed by atoms with E-state index in [1.807, 2.05) is 0 Å². The van der Waals surface area contributed by atoms with Crippen LogP contribution < -0.4 is 10.6 Å². The SMILES string of the molecule is O=C(COC1CCNCC1)NCc1cc(Br)ccc1F. The number of hydrogen-bond donors (Lipinski definition) is 2. The fourth-order valence-corrected chi connectivity index (χ4v) is 2.49. The number of carbonyl (C=O) groups excluding carboxylic acids is 1. The molecule has 1 aromatic rings. The third-order valence-corrected chi connectivity index (χ3v) is 3.71. The van der Waals surface area contributed by atoms with E-state index in [1.54, 1.807) is 12.1 Å². The lowest BCUT2D eigenvalue weighted by Gasteiger charge is -2.22. The molecule has 0 saturated carbocycles. The van der Waals surface area contributed by atoms with Crippen molar-refractivity contribution in [2.24, 2.45) is 0 Å². The Morgan fingerprint density at radius 3 is 2.95 bits per heavy atom. The van der Waals surface area contributed by atoms with Crippen molar-refractivity contribution in [1.29, 1.82) is 0 Å². The van der Waals surface area contributed by atoms with Crippen molar-refractivity contribution < 1.29 is 13.9 Å². The van der Waals surface area contributed by atoms with Gasteiger partial charge in [-0.3, -0.25) is 4.79 Å². The van der Waals surface area contributed by atoms with Gasteiger partial charge in [-0.2, -0.15) is 0 Å². The zero-order valence-corrected chi connectivity index (χ0v) is 12.7. The minimum atomic E-state index is -0.326. The number of piperidine rings is 1. The predicted molar refractivity (Wildman–Crippen MR) is 77.8 cm³/mol. The summed E-state index contributed by atoms with van der Waals surface area (Å²) in [4.78, 5) is 11.7. The van der Waals surface area contributed by atoms with Crippen molar-refractivity contribution >= 4 is 21.8 Å². The molecule has 0 atom stereocenters. The molecule has 6 heteroatoms. The number of hydrogen-bond acceptors (Lipinski definition) is 3. The molecule has 0 bridgehead atoms. The molecular weight excluding hydrogens is 327 g/mol. The maximum absolute atomic E-state index is 13.5. The zero-order valence-electron chi connectivity index (χ0n) is 11.1. The molecule has 2 rings (SSSR count). The van der Waals surface area contributed by atoms with Crippen LogP contribution in [0, 0.1) is 5.82 Å². The van der Waals surface area contributed by atoms with Crippen LogP contribution in [-0.4, -0.2) is 31.7 Å². The third kappa shape index (κ3) is 4.85. The number of halogens is 2. The van der Waals surface area contributed by atoms with E-state index < -0.39 is 0 Å². The van der Waals surface area contributed by atoms with Gasteiger partial charge in [0.2, 0.25) is 5.91 Å². The summed E-state index contributed by atoms with van der Waals surface area (Å²) in [6.45, 7) is 2.05. The maximum Gasteiger partial charge on any atom is 0.246 e. The van der Waals surface area contributed by atoms with Gasteiger partial charge in [-0.1, -0.05) is 15.9 Å². The maximum atomic E-state index is 13.5. The number of nitrogens with one attached hydrogen (secondary N) is 2. The Hall–Kier alpha value is -0.980. The van der Waals surface area contributed by atoms with Crippen molar-refractivity contribution in [3.8, 4) is 0 Å². The molecule has 0 radical (unpaired) electrons. The van der Waals surface area contributed by atoms with Gasteiger partial charge in [-0.15, -0.1) is 0 Å². The molecule has 2 N–H and O–H groups in total. The highest BCUT2D eigenvalue weighted by molar-refractivity contribution is 9.10. The third-order valence-electron chi connectivity index (χ3n) is 3.22. The van der Waals surface area contributed by atoms with Gasteiger partial charge in [-0.25, -0.2) is 4.39 Å². The first kappa shape index (κ1) is 15.4. The first-order valence-corrected chi connectivity index (χ1v) is 7.47. The second-order valence-corrected chi connectivity index (χ2v) is 5.69. The number of carbonyl (C=O) groups is 1. The van der Waals surface area contributed by atoms with E-state index in [9.17, 15) is 9.18 Å². The predicted octanol–water partition coefficient (Wildman–Crippen LogP) is 1.97. The molecule has 1 heterocycles. The Balaban J connectivity index is 1.73. The second-order valence-electron chi connectivity index (χ2n) is 4.77. The van der Waals surface area contributed by atoms with Gasteiger partial charge in [0.25, 0.3) is 0 Å². The second kappa shape index (κ2) is 7.71. The zero-order chi connectivity index (χ0) is 14.4. The molecule has 1 fully saturated rings. The molecule has 1 aliphatic rings. The summed E-state index contributed by atoms with van der Waals surface area (Å²) in [5, 5.41) is 5.90. The molecular formula is C14H18BrFN2O2. The van der Waals surface area contributed by atoms with Crippen molar-refractivity contribution in [3.63, 3.8) is 0 Å². The summed E-state index contributed by atoms with van der Waals surface area (Å²) in [7, 11) is 0. The lowest BCUT2D eigenvalue weighted by molar-refractivity contribution is -0.128. The highest BCUT2D eigenvalue weighted by Crippen LogP contribution is 2.15. The van der Waals surface area contributed by atoms with E-state index in [0.717, 1.165) is 30.4 Å². The monoisotopic (exact) mass is 344 g/mol. The standard InChI is InChI=1S/C14H18BrFN2O2/c15-11-1-2-13(16)10(7-11)8-18-14(19)9-20-12-3-5-17-6-4-12/h1-2,7,12,17H,3-6,8-9H2,(H,18,19). The average Bonchev–Trinajstić information content (AvgIpc) is 2.47. The summed E-state index contributed by atoms with van der Waals surface area (Å²) in [5.41, 5.74) is 0.453. The van der Waals surface area contributed by atoms with Crippen molar-refractivity contribution in [3.05, 3.63) is 34.1 Å². The molecule has 1 amide bonds. The number of ether oxygens (including phenoxy) is 1. The van der Waals surface area contributed by atoms with Crippen molar-refractivity contribution in [1.82, 2.24) is 10.6 Å². The fourth-order valence-electron chi connectivity index (χ4n) is 2.08. The number of benzene rings is 1. The molecule has 1 saturated heterocycles. The quantitative estimate of drug-likeness (QED) is 0.858. The van der Waals surface area contributed by atoms with Crippen LogP contribution in [0.2, 0.25) is 0 Å². The van der Waals surface area contributed by atoms with Crippen LogP contribution in [0.1, 0.15) is 18.4 Å². The summed E-state index contributed by atoms with van der Waals surface area (Å²) in [6, 6.07) is 4.65. The van der Waals surface area contributed by atoms with Gasteiger partial charge in [0.15, 0.2) is 0 Å². The first-order chi connectivity index (χ1) is 9.65. The van der Waals surface area contributed by atoms with E-state index in [2.05, 4.69) is 26.6 Å². The minimum Gasteiger partial charge on any atom is -0.368 e. The lowest BCUT2D eigenvalue weighted by atomic mass is 10.1. The molecule has 0 aromatic heterocycles. The van der Waals surface area contributed by atoms with Gasteiger partial charge < -0.3 is 15.4 Å². The number of amides is 1. The summed E-state index contributed by atoms with van der Waals surface area (Å²) < 4.78 is 19.8. The first-order valence-electron chi connectivity index (χ1n) is 6.68. The number of rotatable bonds is 5. The summed E-state index contributed by atoms with van der Waals surface area (Å²) in [5.74, 6) is -0.546. The molecule has 4 nitrogen and oxygen atoms in total. The largest absolute Gasteiger partial charge is 0.368 e. The van der Waals surface area contributed by atoms with Gasteiger partial charge in [0.05, 0.1) is 6.10 Å². The van der Waals surface area contributed by atoms with Crippen LogP contribution >= 0.6 is 15.9 Å². The lowest BCUT2D eigenvalue weighted by Crippen LogP contribution is -2.35. The van der Waals surface area contributed by atoms with Crippen LogP contribution in [0.15, 0.2) is 22.7 Å². The van der Waals surface area contributed by atoms with Gasteiger partial charge in [0, 0.05) is 16.6 Å². The van der Waals surface area contributed by atoms with Gasteiger partial charge >= 0.3 is 0 Å². The molecule has 110 valence electrons. The molecule has 0 spiro atoms. The normalized spacial score (nSPS) is 16.1. The summed E-state index contributed by atoms with van der Waals surface area (Å²) in [6.07, 6.45) is 1.99. The van der Waals surface area contributed by atoms with Crippen molar-refractivity contribution in [2.45, 2.75) is 25.5 Å². The Morgan fingerprint density at radius 2 is 2.20 bits per heavy atom. The van der Waals surface area contributed by atoms with Gasteiger partial charge in [0.1, 0.15) is 12.4 Å². The average molecular weight is 345 g/mol. The molecule has 1 aliphatic heterocycles. The van der Waals surface area contributed by atoms with E-state index in [1.165, 1.54) is 6.07 Å². The minimum absolute atomic E-state index is 0.0281. The van der Waals surface area contributed by atoms with Crippen LogP contribution in [0.4, 0.5) is 4.39 Å². The molecule has 0 unspecified atom stereocenters. The molecule has 1 aromatic carbocycles. The highest BCUT2D eigenvalue weighted by atomic mass is 79.9. The van der Waals surface area contributed by atoms with E-state index in [0.29, 0.717) is 5.56 Å². The Kier molecular flexibility index (Phi) is 5.94. The molecule has 20 heavy (non-hydrogen) atoms. The van der Waals surface area contributed by atoms with Crippen LogP contribution in [0.5, 0.6) is 0 Å². The summed E-state index contributed by atoms with van der Waals surface area (Å²) >= 11 is 3.28. The smallest absolute Gasteiger partial charge is 0.246 e. The Bertz CT molecular complexity index is 464. The van der Waals surface area contributed by atoms with Crippen molar-refractivity contribution in [2.75, 3.05) is 19.7 Å². The molecule has 0 aliphatic carbocycles. The fraction of sp³-hybridized carbons (Fsp3) is 0.500. The van der Waals surface area contributed by atoms with Gasteiger partial charge in [-0.05, 0) is 44.1 Å². The van der Waals surface area contributed by atoms with Crippen LogP contribution in [0.3, 0.4) is 0 Å². The van der Waals surface area contributed by atoms with E-state index in [4.69, 9.17) is 4.74 Å². The Morgan fingerprint density at radius 1 is 1.45 bits per heavy atom. The van der Waals surface area contributed by atoms with E-state index in [-0.39, 0.29) is 31.0 Å².